The summed E-state index contributed by atoms with van der Waals surface area (Å²) in [6, 6.07) is 8.69. The van der Waals surface area contributed by atoms with Crippen LogP contribution in [-0.2, 0) is 11.3 Å². The average Bonchev–Trinajstić information content (AvgIpc) is 2.43. The molecule has 0 bridgehead atoms. The van der Waals surface area contributed by atoms with Crippen LogP contribution in [0.3, 0.4) is 0 Å². The van der Waals surface area contributed by atoms with Gasteiger partial charge in [0, 0.05) is 32.8 Å². The van der Waals surface area contributed by atoms with Crippen molar-refractivity contribution in [1.29, 1.82) is 0 Å². The third kappa shape index (κ3) is 6.05. The molecule has 4 heteroatoms. The molecule has 0 amide bonds. The van der Waals surface area contributed by atoms with Crippen LogP contribution in [0.25, 0.3) is 0 Å². The lowest BCUT2D eigenvalue weighted by atomic mass is 10.2. The van der Waals surface area contributed by atoms with Crippen molar-refractivity contribution in [3.63, 3.8) is 0 Å². The summed E-state index contributed by atoms with van der Waals surface area (Å²) in [6.45, 7) is 5.76. The fraction of sp³-hybridized carbons (Fsp3) is 0.600. The molecule has 1 atom stereocenters. The molecule has 1 aromatic rings. The van der Waals surface area contributed by atoms with E-state index in [-0.39, 0.29) is 0 Å². The summed E-state index contributed by atoms with van der Waals surface area (Å²) in [5.41, 5.74) is 1.27. The second kappa shape index (κ2) is 8.91. The molecule has 0 saturated heterocycles. The van der Waals surface area contributed by atoms with Crippen LogP contribution in [-0.4, -0.2) is 51.9 Å². The van der Waals surface area contributed by atoms with Gasteiger partial charge >= 0.3 is 0 Å². The molecule has 0 fully saturated rings. The van der Waals surface area contributed by atoms with Crippen LogP contribution in [0, 0.1) is 0 Å². The van der Waals surface area contributed by atoms with Gasteiger partial charge in [-0.05, 0) is 31.7 Å². The fourth-order valence-corrected chi connectivity index (χ4v) is 1.86. The number of rotatable bonds is 9. The Morgan fingerprint density at radius 2 is 2.11 bits per heavy atom. The van der Waals surface area contributed by atoms with Crippen LogP contribution in [0.4, 0.5) is 0 Å². The highest BCUT2D eigenvalue weighted by atomic mass is 16.5. The zero-order chi connectivity index (χ0) is 14.1. The molecule has 0 radical (unpaired) electrons. The van der Waals surface area contributed by atoms with Gasteiger partial charge in [-0.1, -0.05) is 12.1 Å². The van der Waals surface area contributed by atoms with Crippen LogP contribution >= 0.6 is 0 Å². The highest BCUT2D eigenvalue weighted by molar-refractivity contribution is 5.28. The van der Waals surface area contributed by atoms with Gasteiger partial charge in [-0.2, -0.15) is 0 Å². The molecule has 1 aromatic carbocycles. The Hall–Kier alpha value is -1.10. The smallest absolute Gasteiger partial charge is 0.119 e. The number of ether oxygens (including phenoxy) is 2. The van der Waals surface area contributed by atoms with Crippen molar-refractivity contribution in [3.05, 3.63) is 29.8 Å². The van der Waals surface area contributed by atoms with Gasteiger partial charge in [-0.3, -0.25) is 4.90 Å². The quantitative estimate of drug-likeness (QED) is 0.691. The minimum Gasteiger partial charge on any atom is -0.497 e. The Kier molecular flexibility index (Phi) is 7.48. The number of nitrogens with one attached hydrogen (secondary N) is 1. The lowest BCUT2D eigenvalue weighted by molar-refractivity contribution is 0.191. The molecule has 0 aliphatic carbocycles. The third-order valence-electron chi connectivity index (χ3n) is 3.24. The standard InChI is InChI=1S/C15H26N2O2/c1-13(11-16-8-9-18-3)17(2)12-14-6-5-7-15(10-14)19-4/h5-7,10,13,16H,8-9,11-12H2,1-4H3. The zero-order valence-corrected chi connectivity index (χ0v) is 12.5. The third-order valence-corrected chi connectivity index (χ3v) is 3.24. The zero-order valence-electron chi connectivity index (χ0n) is 12.5. The molecular weight excluding hydrogens is 240 g/mol. The van der Waals surface area contributed by atoms with Crippen LogP contribution in [0.2, 0.25) is 0 Å². The van der Waals surface area contributed by atoms with Crippen molar-refractivity contribution in [3.8, 4) is 5.75 Å². The predicted octanol–water partition coefficient (Wildman–Crippen LogP) is 1.75. The van der Waals surface area contributed by atoms with E-state index in [0.717, 1.165) is 32.0 Å². The van der Waals surface area contributed by atoms with Gasteiger partial charge in [0.2, 0.25) is 0 Å². The molecule has 0 aliphatic heterocycles. The first kappa shape index (κ1) is 16.0. The van der Waals surface area contributed by atoms with Gasteiger partial charge in [-0.15, -0.1) is 0 Å². The minimum absolute atomic E-state index is 0.475. The summed E-state index contributed by atoms with van der Waals surface area (Å²) in [4.78, 5) is 2.33. The van der Waals surface area contributed by atoms with E-state index in [1.807, 2.05) is 12.1 Å². The fourth-order valence-electron chi connectivity index (χ4n) is 1.86. The normalized spacial score (nSPS) is 12.7. The van der Waals surface area contributed by atoms with E-state index in [1.54, 1.807) is 14.2 Å². The van der Waals surface area contributed by atoms with E-state index in [9.17, 15) is 0 Å². The molecule has 0 spiro atoms. The summed E-state index contributed by atoms with van der Waals surface area (Å²) < 4.78 is 10.3. The van der Waals surface area contributed by atoms with E-state index in [2.05, 4.69) is 36.3 Å². The number of methoxy groups -OCH3 is 2. The Balaban J connectivity index is 2.37. The van der Waals surface area contributed by atoms with Crippen LogP contribution in [0.5, 0.6) is 5.75 Å². The number of benzene rings is 1. The van der Waals surface area contributed by atoms with Crippen molar-refractivity contribution >= 4 is 0 Å². The van der Waals surface area contributed by atoms with Gasteiger partial charge in [0.25, 0.3) is 0 Å². The lowest BCUT2D eigenvalue weighted by Crippen LogP contribution is -2.38. The van der Waals surface area contributed by atoms with E-state index < -0.39 is 0 Å². The average molecular weight is 266 g/mol. The van der Waals surface area contributed by atoms with Crippen molar-refractivity contribution < 1.29 is 9.47 Å². The Labute approximate surface area is 116 Å². The minimum atomic E-state index is 0.475. The van der Waals surface area contributed by atoms with Crippen LogP contribution in [0.1, 0.15) is 12.5 Å². The van der Waals surface area contributed by atoms with Crippen LogP contribution in [0.15, 0.2) is 24.3 Å². The highest BCUT2D eigenvalue weighted by Gasteiger charge is 2.09. The summed E-state index contributed by atoms with van der Waals surface area (Å²) in [7, 11) is 5.56. The van der Waals surface area contributed by atoms with E-state index >= 15 is 0 Å². The van der Waals surface area contributed by atoms with Gasteiger partial charge in [0.05, 0.1) is 13.7 Å². The molecular formula is C15H26N2O2. The molecule has 19 heavy (non-hydrogen) atoms. The first-order chi connectivity index (χ1) is 9.17. The van der Waals surface area contributed by atoms with Gasteiger partial charge in [0.15, 0.2) is 0 Å². The molecule has 0 aliphatic rings. The Bertz CT molecular complexity index is 358. The summed E-state index contributed by atoms with van der Waals surface area (Å²) in [5.74, 6) is 0.914. The number of likely N-dealkylation sites (N-methyl/N-ethyl adjacent to an activating group) is 1. The predicted molar refractivity (Wildman–Crippen MR) is 78.7 cm³/mol. The number of hydrogen-bond donors (Lipinski definition) is 1. The van der Waals surface area contributed by atoms with E-state index in [1.165, 1.54) is 5.56 Å². The topological polar surface area (TPSA) is 33.7 Å². The highest BCUT2D eigenvalue weighted by Crippen LogP contribution is 2.14. The van der Waals surface area contributed by atoms with Gasteiger partial charge < -0.3 is 14.8 Å². The maximum absolute atomic E-state index is 5.24. The van der Waals surface area contributed by atoms with Gasteiger partial charge in [-0.25, -0.2) is 0 Å². The van der Waals surface area contributed by atoms with Crippen molar-refractivity contribution in [2.75, 3.05) is 41.0 Å². The lowest BCUT2D eigenvalue weighted by Gasteiger charge is -2.25. The summed E-state index contributed by atoms with van der Waals surface area (Å²) >= 11 is 0. The van der Waals surface area contributed by atoms with Crippen molar-refractivity contribution in [2.45, 2.75) is 19.5 Å². The number of hydrogen-bond acceptors (Lipinski definition) is 4. The largest absolute Gasteiger partial charge is 0.497 e. The maximum Gasteiger partial charge on any atom is 0.119 e. The maximum atomic E-state index is 5.24. The first-order valence-corrected chi connectivity index (χ1v) is 6.70. The number of nitrogens with zero attached hydrogens (tertiary/aromatic N) is 1. The van der Waals surface area contributed by atoms with Gasteiger partial charge in [0.1, 0.15) is 5.75 Å². The monoisotopic (exact) mass is 266 g/mol. The summed E-state index contributed by atoms with van der Waals surface area (Å²) in [5, 5.41) is 3.38. The molecule has 4 nitrogen and oxygen atoms in total. The summed E-state index contributed by atoms with van der Waals surface area (Å²) in [6.07, 6.45) is 0. The molecule has 0 heterocycles. The van der Waals surface area contributed by atoms with E-state index in [0.29, 0.717) is 6.04 Å². The molecule has 0 saturated carbocycles. The SMILES string of the molecule is COCCNCC(C)N(C)Cc1cccc(OC)c1. The van der Waals surface area contributed by atoms with E-state index in [4.69, 9.17) is 9.47 Å². The van der Waals surface area contributed by atoms with Crippen molar-refractivity contribution in [2.24, 2.45) is 0 Å². The van der Waals surface area contributed by atoms with Crippen LogP contribution < -0.4 is 10.1 Å². The van der Waals surface area contributed by atoms with Crippen molar-refractivity contribution in [1.82, 2.24) is 10.2 Å². The molecule has 108 valence electrons. The Morgan fingerprint density at radius 3 is 2.79 bits per heavy atom. The first-order valence-electron chi connectivity index (χ1n) is 6.70. The molecule has 0 aromatic heterocycles. The molecule has 1 rings (SSSR count). The molecule has 1 unspecified atom stereocenters. The second-order valence-corrected chi connectivity index (χ2v) is 4.81. The Morgan fingerprint density at radius 1 is 1.32 bits per heavy atom. The molecule has 1 N–H and O–H groups in total. The second-order valence-electron chi connectivity index (χ2n) is 4.81.